The first-order valence-electron chi connectivity index (χ1n) is 8.50. The summed E-state index contributed by atoms with van der Waals surface area (Å²) in [5, 5.41) is 1.83. The zero-order chi connectivity index (χ0) is 16.9. The molecule has 0 atom stereocenters. The number of rotatable bonds is 6. The van der Waals surface area contributed by atoms with Crippen molar-refractivity contribution in [3.63, 3.8) is 0 Å². The third kappa shape index (κ3) is 3.51. The van der Waals surface area contributed by atoms with Gasteiger partial charge in [0.1, 0.15) is 5.82 Å². The molecular formula is C20H22ClN3. The van der Waals surface area contributed by atoms with Crippen molar-refractivity contribution in [3.05, 3.63) is 53.6 Å². The Balaban J connectivity index is 2.16. The fourth-order valence-corrected chi connectivity index (χ4v) is 3.02. The van der Waals surface area contributed by atoms with Crippen LogP contribution in [0.5, 0.6) is 0 Å². The molecule has 4 heteroatoms. The normalized spacial score (nSPS) is 11.0. The van der Waals surface area contributed by atoms with Crippen LogP contribution < -0.4 is 4.90 Å². The molecule has 0 bridgehead atoms. The summed E-state index contributed by atoms with van der Waals surface area (Å²) in [6.07, 6.45) is 2.18. The molecule has 0 aliphatic rings. The minimum atomic E-state index is 0.721. The van der Waals surface area contributed by atoms with Gasteiger partial charge in [0, 0.05) is 29.1 Å². The summed E-state index contributed by atoms with van der Waals surface area (Å²) in [7, 11) is 0. The van der Waals surface area contributed by atoms with Crippen molar-refractivity contribution >= 4 is 28.3 Å². The molecule has 0 aliphatic heterocycles. The van der Waals surface area contributed by atoms with Crippen LogP contribution in [0.15, 0.2) is 48.5 Å². The molecule has 0 N–H and O–H groups in total. The van der Waals surface area contributed by atoms with E-state index < -0.39 is 0 Å². The number of fused-ring (bicyclic) bond motifs is 1. The van der Waals surface area contributed by atoms with E-state index in [0.717, 1.165) is 59.1 Å². The van der Waals surface area contributed by atoms with Gasteiger partial charge in [-0.2, -0.15) is 0 Å². The summed E-state index contributed by atoms with van der Waals surface area (Å²) < 4.78 is 0. The molecule has 1 heterocycles. The van der Waals surface area contributed by atoms with Crippen LogP contribution in [0.3, 0.4) is 0 Å². The van der Waals surface area contributed by atoms with Crippen LogP contribution in [0.25, 0.3) is 22.3 Å². The number of para-hydroxylation sites is 1. The lowest BCUT2D eigenvalue weighted by atomic mass is 10.1. The molecule has 3 aromatic rings. The molecule has 0 amide bonds. The van der Waals surface area contributed by atoms with E-state index in [1.54, 1.807) is 0 Å². The standard InChI is InChI=1S/C20H22ClN3/c1-3-13-24(14-4-2)20-17-7-5-6-8-18(17)22-19(23-20)15-9-11-16(21)12-10-15/h5-12H,3-4,13-14H2,1-2H3. The number of nitrogens with zero attached hydrogens (tertiary/aromatic N) is 3. The SMILES string of the molecule is CCCN(CCC)c1nc(-c2ccc(Cl)cc2)nc2ccccc12. The van der Waals surface area contributed by atoms with Crippen LogP contribution in [0.2, 0.25) is 5.02 Å². The molecular weight excluding hydrogens is 318 g/mol. The van der Waals surface area contributed by atoms with Gasteiger partial charge in [-0.25, -0.2) is 9.97 Å². The van der Waals surface area contributed by atoms with Crippen molar-refractivity contribution in [1.82, 2.24) is 9.97 Å². The van der Waals surface area contributed by atoms with E-state index in [9.17, 15) is 0 Å². The lowest BCUT2D eigenvalue weighted by Crippen LogP contribution is -2.26. The summed E-state index contributed by atoms with van der Waals surface area (Å²) in [5.41, 5.74) is 1.96. The van der Waals surface area contributed by atoms with Crippen LogP contribution in [-0.4, -0.2) is 23.1 Å². The average molecular weight is 340 g/mol. The second kappa shape index (κ2) is 7.63. The third-order valence-corrected chi connectivity index (χ3v) is 4.22. The topological polar surface area (TPSA) is 29.0 Å². The Labute approximate surface area is 148 Å². The van der Waals surface area contributed by atoms with Gasteiger partial charge < -0.3 is 4.90 Å². The Morgan fingerprint density at radius 3 is 2.21 bits per heavy atom. The van der Waals surface area contributed by atoms with Crippen LogP contribution in [0.1, 0.15) is 26.7 Å². The molecule has 3 nitrogen and oxygen atoms in total. The van der Waals surface area contributed by atoms with Crippen molar-refractivity contribution < 1.29 is 0 Å². The number of hydrogen-bond acceptors (Lipinski definition) is 3. The summed E-state index contributed by atoms with van der Waals surface area (Å²) in [6.45, 7) is 6.39. The molecule has 0 radical (unpaired) electrons. The summed E-state index contributed by atoms with van der Waals surface area (Å²) in [6, 6.07) is 15.9. The quantitative estimate of drug-likeness (QED) is 0.587. The highest BCUT2D eigenvalue weighted by atomic mass is 35.5. The predicted octanol–water partition coefficient (Wildman–Crippen LogP) is 5.58. The molecule has 0 saturated carbocycles. The third-order valence-electron chi connectivity index (χ3n) is 3.97. The van der Waals surface area contributed by atoms with Crippen LogP contribution in [-0.2, 0) is 0 Å². The molecule has 1 aromatic heterocycles. The highest BCUT2D eigenvalue weighted by Crippen LogP contribution is 2.28. The molecule has 124 valence electrons. The van der Waals surface area contributed by atoms with Crippen LogP contribution >= 0.6 is 11.6 Å². The Kier molecular flexibility index (Phi) is 5.31. The van der Waals surface area contributed by atoms with Gasteiger partial charge in [0.05, 0.1) is 5.52 Å². The average Bonchev–Trinajstić information content (AvgIpc) is 2.61. The highest BCUT2D eigenvalue weighted by Gasteiger charge is 2.14. The fraction of sp³-hybridized carbons (Fsp3) is 0.300. The summed E-state index contributed by atoms with van der Waals surface area (Å²) >= 11 is 6.01. The monoisotopic (exact) mass is 339 g/mol. The van der Waals surface area contributed by atoms with Crippen molar-refractivity contribution in [1.29, 1.82) is 0 Å². The molecule has 0 fully saturated rings. The van der Waals surface area contributed by atoms with Gasteiger partial charge in [0.15, 0.2) is 5.82 Å². The van der Waals surface area contributed by atoms with E-state index in [-0.39, 0.29) is 0 Å². The first-order chi connectivity index (χ1) is 11.7. The highest BCUT2D eigenvalue weighted by molar-refractivity contribution is 6.30. The minimum Gasteiger partial charge on any atom is -0.356 e. The van der Waals surface area contributed by atoms with E-state index >= 15 is 0 Å². The van der Waals surface area contributed by atoms with Gasteiger partial charge >= 0.3 is 0 Å². The van der Waals surface area contributed by atoms with Crippen molar-refractivity contribution in [2.45, 2.75) is 26.7 Å². The Morgan fingerprint density at radius 2 is 1.54 bits per heavy atom. The van der Waals surface area contributed by atoms with Crippen LogP contribution in [0, 0.1) is 0 Å². The van der Waals surface area contributed by atoms with Gasteiger partial charge in [-0.3, -0.25) is 0 Å². The van der Waals surface area contributed by atoms with E-state index in [1.807, 2.05) is 36.4 Å². The van der Waals surface area contributed by atoms with Crippen molar-refractivity contribution in [2.24, 2.45) is 0 Å². The van der Waals surface area contributed by atoms with E-state index in [4.69, 9.17) is 21.6 Å². The fourth-order valence-electron chi connectivity index (χ4n) is 2.89. The Hall–Kier alpha value is -2.13. The van der Waals surface area contributed by atoms with E-state index in [0.29, 0.717) is 0 Å². The molecule has 0 saturated heterocycles. The van der Waals surface area contributed by atoms with Gasteiger partial charge in [0.25, 0.3) is 0 Å². The van der Waals surface area contributed by atoms with Crippen molar-refractivity contribution in [2.75, 3.05) is 18.0 Å². The number of halogens is 1. The van der Waals surface area contributed by atoms with Gasteiger partial charge in [0.2, 0.25) is 0 Å². The van der Waals surface area contributed by atoms with Crippen LogP contribution in [0.4, 0.5) is 5.82 Å². The second-order valence-corrected chi connectivity index (χ2v) is 6.32. The number of anilines is 1. The zero-order valence-corrected chi connectivity index (χ0v) is 14.9. The van der Waals surface area contributed by atoms with Gasteiger partial charge in [-0.05, 0) is 49.2 Å². The molecule has 0 aliphatic carbocycles. The first kappa shape index (κ1) is 16.7. The van der Waals surface area contributed by atoms with Gasteiger partial charge in [-0.1, -0.05) is 37.6 Å². The lowest BCUT2D eigenvalue weighted by molar-refractivity contribution is 0.737. The second-order valence-electron chi connectivity index (χ2n) is 5.88. The predicted molar refractivity (Wildman–Crippen MR) is 103 cm³/mol. The Morgan fingerprint density at radius 1 is 0.875 bits per heavy atom. The van der Waals surface area contributed by atoms with E-state index in [1.165, 1.54) is 0 Å². The molecule has 24 heavy (non-hydrogen) atoms. The maximum Gasteiger partial charge on any atom is 0.162 e. The summed E-state index contributed by atoms with van der Waals surface area (Å²) in [4.78, 5) is 12.0. The number of aromatic nitrogens is 2. The smallest absolute Gasteiger partial charge is 0.162 e. The number of benzene rings is 2. The maximum absolute atomic E-state index is 6.01. The molecule has 0 unspecified atom stereocenters. The largest absolute Gasteiger partial charge is 0.356 e. The zero-order valence-electron chi connectivity index (χ0n) is 14.2. The first-order valence-corrected chi connectivity index (χ1v) is 8.88. The Bertz CT molecular complexity index is 809. The molecule has 0 spiro atoms. The summed E-state index contributed by atoms with van der Waals surface area (Å²) in [5.74, 6) is 1.77. The molecule has 2 aromatic carbocycles. The minimum absolute atomic E-state index is 0.721. The van der Waals surface area contributed by atoms with Gasteiger partial charge in [-0.15, -0.1) is 0 Å². The lowest BCUT2D eigenvalue weighted by Gasteiger charge is -2.24. The van der Waals surface area contributed by atoms with Crippen molar-refractivity contribution in [3.8, 4) is 11.4 Å². The maximum atomic E-state index is 6.01. The number of hydrogen-bond donors (Lipinski definition) is 0. The molecule has 3 rings (SSSR count). The van der Waals surface area contributed by atoms with E-state index in [2.05, 4.69) is 30.9 Å².